The Kier molecular flexibility index (Phi) is 4.95. The first-order valence-corrected chi connectivity index (χ1v) is 6.99. The number of carbonyl (C=O) groups is 1. The summed E-state index contributed by atoms with van der Waals surface area (Å²) in [6.45, 7) is 4.41. The number of carbonyl (C=O) groups excluding carboxylic acids is 1. The molecule has 0 saturated heterocycles. The Hall–Kier alpha value is -0.390. The Morgan fingerprint density at radius 2 is 2.19 bits per heavy atom. The minimum absolute atomic E-state index is 0.0715. The predicted octanol–water partition coefficient (Wildman–Crippen LogP) is 2.64. The molecule has 1 aromatic heterocycles. The zero-order chi connectivity index (χ0) is 12.2. The Bertz CT molecular complexity index is 361. The maximum Gasteiger partial charge on any atom is 0.240 e. The lowest BCUT2D eigenvalue weighted by molar-refractivity contribution is -0.126. The number of hydrogen-bond donors (Lipinski definition) is 2. The van der Waals surface area contributed by atoms with Crippen LogP contribution in [0.25, 0.3) is 0 Å². The van der Waals surface area contributed by atoms with Gasteiger partial charge in [0.1, 0.15) is 0 Å². The van der Waals surface area contributed by atoms with Crippen LogP contribution in [0, 0.1) is 0 Å². The summed E-state index contributed by atoms with van der Waals surface area (Å²) in [6.07, 6.45) is 1.31. The van der Waals surface area contributed by atoms with Gasteiger partial charge in [-0.1, -0.05) is 13.8 Å². The molecule has 0 aliphatic rings. The van der Waals surface area contributed by atoms with Crippen LogP contribution < -0.4 is 11.1 Å². The third-order valence-corrected chi connectivity index (χ3v) is 4.74. The zero-order valence-corrected chi connectivity index (χ0v) is 12.0. The van der Waals surface area contributed by atoms with Crippen LogP contribution in [0.2, 0.25) is 0 Å². The minimum atomic E-state index is -0.732. The zero-order valence-electron chi connectivity index (χ0n) is 9.55. The van der Waals surface area contributed by atoms with E-state index in [0.717, 1.165) is 9.35 Å². The highest BCUT2D eigenvalue weighted by molar-refractivity contribution is 9.10. The Balaban J connectivity index is 2.56. The van der Waals surface area contributed by atoms with Gasteiger partial charge in [0.2, 0.25) is 5.91 Å². The van der Waals surface area contributed by atoms with E-state index in [1.54, 1.807) is 11.3 Å². The maximum absolute atomic E-state index is 11.9. The smallest absolute Gasteiger partial charge is 0.240 e. The van der Waals surface area contributed by atoms with Crippen LogP contribution >= 0.6 is 27.3 Å². The summed E-state index contributed by atoms with van der Waals surface area (Å²) in [6, 6.07) is 1.97. The Morgan fingerprint density at radius 3 is 2.62 bits per heavy atom. The van der Waals surface area contributed by atoms with Crippen LogP contribution in [0.15, 0.2) is 15.9 Å². The molecule has 1 rings (SSSR count). The van der Waals surface area contributed by atoms with E-state index < -0.39 is 5.54 Å². The highest BCUT2D eigenvalue weighted by Gasteiger charge is 2.29. The van der Waals surface area contributed by atoms with Crippen molar-refractivity contribution >= 4 is 33.2 Å². The highest BCUT2D eigenvalue weighted by atomic mass is 79.9. The number of thiophene rings is 1. The van der Waals surface area contributed by atoms with Gasteiger partial charge in [-0.15, -0.1) is 11.3 Å². The number of nitrogens with two attached hydrogens (primary N) is 1. The summed E-state index contributed by atoms with van der Waals surface area (Å²) in [4.78, 5) is 13.0. The molecule has 1 aromatic rings. The first kappa shape index (κ1) is 13.7. The van der Waals surface area contributed by atoms with E-state index >= 15 is 0 Å². The van der Waals surface area contributed by atoms with Crippen molar-refractivity contribution in [1.82, 2.24) is 5.32 Å². The second-order valence-electron chi connectivity index (χ2n) is 3.74. The molecule has 0 atom stereocenters. The third kappa shape index (κ3) is 3.06. The predicted molar refractivity (Wildman–Crippen MR) is 71.4 cm³/mol. The van der Waals surface area contributed by atoms with Gasteiger partial charge >= 0.3 is 0 Å². The van der Waals surface area contributed by atoms with Gasteiger partial charge in [0, 0.05) is 9.35 Å². The number of hydrogen-bond acceptors (Lipinski definition) is 3. The van der Waals surface area contributed by atoms with Gasteiger partial charge in [-0.3, -0.25) is 4.79 Å². The second-order valence-corrected chi connectivity index (χ2v) is 5.59. The molecular weight excluding hydrogens is 288 g/mol. The summed E-state index contributed by atoms with van der Waals surface area (Å²) in [5, 5.41) is 4.87. The molecule has 0 radical (unpaired) electrons. The molecule has 0 unspecified atom stereocenters. The summed E-state index contributed by atoms with van der Waals surface area (Å²) in [5.74, 6) is -0.0715. The summed E-state index contributed by atoms with van der Waals surface area (Å²) in [7, 11) is 0. The Labute approximate surface area is 109 Å². The molecule has 0 bridgehead atoms. The Morgan fingerprint density at radius 1 is 1.56 bits per heavy atom. The molecule has 1 amide bonds. The van der Waals surface area contributed by atoms with Crippen molar-refractivity contribution in [2.75, 3.05) is 0 Å². The van der Waals surface area contributed by atoms with Crippen LogP contribution in [-0.4, -0.2) is 11.4 Å². The molecule has 90 valence electrons. The monoisotopic (exact) mass is 304 g/mol. The second kappa shape index (κ2) is 5.80. The SMILES string of the molecule is CCC(N)(CC)C(=O)NCc1sccc1Br. The average Bonchev–Trinajstić information content (AvgIpc) is 2.70. The fourth-order valence-electron chi connectivity index (χ4n) is 1.36. The van der Waals surface area contributed by atoms with Crippen molar-refractivity contribution in [1.29, 1.82) is 0 Å². The van der Waals surface area contributed by atoms with Crippen molar-refractivity contribution in [3.05, 3.63) is 20.8 Å². The summed E-state index contributed by atoms with van der Waals surface area (Å²) < 4.78 is 1.04. The van der Waals surface area contributed by atoms with Crippen LogP contribution in [0.5, 0.6) is 0 Å². The van der Waals surface area contributed by atoms with Crippen LogP contribution in [0.1, 0.15) is 31.6 Å². The topological polar surface area (TPSA) is 55.1 Å². The lowest BCUT2D eigenvalue weighted by atomic mass is 9.93. The standard InChI is InChI=1S/C11H17BrN2OS/c1-3-11(13,4-2)10(15)14-7-9-8(12)5-6-16-9/h5-6H,3-4,7,13H2,1-2H3,(H,14,15). The van der Waals surface area contributed by atoms with Crippen LogP contribution in [-0.2, 0) is 11.3 Å². The lowest BCUT2D eigenvalue weighted by Gasteiger charge is -2.25. The minimum Gasteiger partial charge on any atom is -0.350 e. The first-order chi connectivity index (χ1) is 7.53. The van der Waals surface area contributed by atoms with Crippen molar-refractivity contribution in [3.8, 4) is 0 Å². The number of halogens is 1. The maximum atomic E-state index is 11.9. The van der Waals surface area contributed by atoms with E-state index in [1.165, 1.54) is 0 Å². The molecule has 1 heterocycles. The molecule has 0 spiro atoms. The molecule has 0 fully saturated rings. The molecule has 3 nitrogen and oxygen atoms in total. The van der Waals surface area contributed by atoms with Gasteiger partial charge in [0.05, 0.1) is 12.1 Å². The van der Waals surface area contributed by atoms with Crippen LogP contribution in [0.3, 0.4) is 0 Å². The summed E-state index contributed by atoms with van der Waals surface area (Å²) >= 11 is 5.04. The van der Waals surface area contributed by atoms with Crippen molar-refractivity contribution in [2.45, 2.75) is 38.8 Å². The first-order valence-electron chi connectivity index (χ1n) is 5.32. The molecule has 16 heavy (non-hydrogen) atoms. The van der Waals surface area contributed by atoms with Crippen molar-refractivity contribution in [3.63, 3.8) is 0 Å². The van der Waals surface area contributed by atoms with Gasteiger partial charge in [-0.2, -0.15) is 0 Å². The third-order valence-electron chi connectivity index (χ3n) is 2.81. The lowest BCUT2D eigenvalue weighted by Crippen LogP contribution is -2.52. The molecule has 5 heteroatoms. The van der Waals surface area contributed by atoms with Gasteiger partial charge in [0.15, 0.2) is 0 Å². The van der Waals surface area contributed by atoms with E-state index in [1.807, 2.05) is 25.3 Å². The van der Waals surface area contributed by atoms with Crippen molar-refractivity contribution in [2.24, 2.45) is 5.73 Å². The van der Waals surface area contributed by atoms with E-state index in [9.17, 15) is 4.79 Å². The van der Waals surface area contributed by atoms with E-state index in [0.29, 0.717) is 19.4 Å². The highest BCUT2D eigenvalue weighted by Crippen LogP contribution is 2.22. The van der Waals surface area contributed by atoms with Gasteiger partial charge in [0.25, 0.3) is 0 Å². The van der Waals surface area contributed by atoms with Gasteiger partial charge < -0.3 is 11.1 Å². The molecule has 0 saturated carbocycles. The van der Waals surface area contributed by atoms with E-state index in [4.69, 9.17) is 5.73 Å². The molecule has 0 aliphatic carbocycles. The molecule has 0 aliphatic heterocycles. The van der Waals surface area contributed by atoms with Gasteiger partial charge in [-0.05, 0) is 40.2 Å². The largest absolute Gasteiger partial charge is 0.350 e. The molecule has 0 aromatic carbocycles. The van der Waals surface area contributed by atoms with Crippen LogP contribution in [0.4, 0.5) is 0 Å². The number of nitrogens with one attached hydrogen (secondary N) is 1. The van der Waals surface area contributed by atoms with E-state index in [-0.39, 0.29) is 5.91 Å². The van der Waals surface area contributed by atoms with E-state index in [2.05, 4.69) is 21.2 Å². The van der Waals surface area contributed by atoms with Gasteiger partial charge in [-0.25, -0.2) is 0 Å². The molecular formula is C11H17BrN2OS. The number of rotatable bonds is 5. The number of amides is 1. The molecule has 3 N–H and O–H groups in total. The normalized spacial score (nSPS) is 11.5. The fourth-order valence-corrected chi connectivity index (χ4v) is 2.79. The summed E-state index contributed by atoms with van der Waals surface area (Å²) in [5.41, 5.74) is 5.26. The average molecular weight is 305 g/mol. The quantitative estimate of drug-likeness (QED) is 0.878. The van der Waals surface area contributed by atoms with Crippen molar-refractivity contribution < 1.29 is 4.79 Å². The fraction of sp³-hybridized carbons (Fsp3) is 0.545.